The number of carbonyl (C=O) groups is 1. The van der Waals surface area contributed by atoms with Crippen molar-refractivity contribution in [3.05, 3.63) is 71.1 Å². The minimum atomic E-state index is -1.26. The molecule has 3 N–H and O–H groups in total. The van der Waals surface area contributed by atoms with Gasteiger partial charge in [-0.3, -0.25) is 9.36 Å². The Kier molecular flexibility index (Phi) is 6.14. The molecule has 7 heteroatoms. The van der Waals surface area contributed by atoms with Crippen LogP contribution in [-0.2, 0) is 9.09 Å². The lowest BCUT2D eigenvalue weighted by atomic mass is 9.79. The highest BCUT2D eigenvalue weighted by Crippen LogP contribution is 2.41. The number of anilines is 2. The van der Waals surface area contributed by atoms with Crippen molar-refractivity contribution in [2.24, 2.45) is 5.92 Å². The summed E-state index contributed by atoms with van der Waals surface area (Å²) < 4.78 is 16.6. The second-order valence-electron chi connectivity index (χ2n) is 7.20. The molecule has 0 spiro atoms. The van der Waals surface area contributed by atoms with Gasteiger partial charge in [0.15, 0.2) is 8.69 Å². The van der Waals surface area contributed by atoms with Gasteiger partial charge in [0.05, 0.1) is 17.5 Å². The number of carbonyl (C=O) groups excluding carboxylic acids is 1. The average molecular weight is 426 g/mol. The Morgan fingerprint density at radius 1 is 1.17 bits per heavy atom. The van der Waals surface area contributed by atoms with Gasteiger partial charge in [0.2, 0.25) is 0 Å². The number of hydrogen-bond donors (Lipinski definition) is 2. The van der Waals surface area contributed by atoms with Crippen LogP contribution in [-0.4, -0.2) is 5.91 Å². The molecule has 0 saturated heterocycles. The Hall–Kier alpha value is -2.40. The van der Waals surface area contributed by atoms with E-state index in [-0.39, 0.29) is 12.0 Å². The Labute approximate surface area is 175 Å². The van der Waals surface area contributed by atoms with E-state index in [0.717, 1.165) is 28.8 Å². The lowest BCUT2D eigenvalue weighted by Gasteiger charge is -2.32. The molecule has 5 nitrogen and oxygen atoms in total. The highest BCUT2D eigenvalue weighted by atomic mass is 32.1. The zero-order chi connectivity index (χ0) is 20.2. The second kappa shape index (κ2) is 8.95. The van der Waals surface area contributed by atoms with Crippen LogP contribution >= 0.6 is 20.0 Å². The minimum Gasteiger partial charge on any atom is -0.397 e. The van der Waals surface area contributed by atoms with Gasteiger partial charge in [-0.05, 0) is 65.6 Å². The van der Waals surface area contributed by atoms with Crippen LogP contribution in [0.15, 0.2) is 60.0 Å². The van der Waals surface area contributed by atoms with Gasteiger partial charge >= 0.3 is 0 Å². The monoisotopic (exact) mass is 426 g/mol. The number of hydrogen-bond acceptors (Lipinski definition) is 5. The van der Waals surface area contributed by atoms with Crippen molar-refractivity contribution in [3.8, 4) is 10.4 Å². The van der Waals surface area contributed by atoms with Gasteiger partial charge in [-0.15, -0.1) is 11.3 Å². The lowest BCUT2D eigenvalue weighted by Crippen LogP contribution is -2.21. The van der Waals surface area contributed by atoms with Gasteiger partial charge in [0.1, 0.15) is 0 Å². The number of amides is 1. The predicted molar refractivity (Wildman–Crippen MR) is 120 cm³/mol. The van der Waals surface area contributed by atoms with Crippen molar-refractivity contribution in [2.75, 3.05) is 11.1 Å². The molecule has 1 aliphatic carbocycles. The van der Waals surface area contributed by atoms with Crippen LogP contribution < -0.4 is 11.1 Å². The molecular formula is C22H23N2O3PS. The van der Waals surface area contributed by atoms with E-state index in [1.807, 2.05) is 41.8 Å². The number of rotatable bonds is 7. The summed E-state index contributed by atoms with van der Waals surface area (Å²) in [4.78, 5) is 13.8. The summed E-state index contributed by atoms with van der Waals surface area (Å²) >= 11 is 1.64. The molecule has 3 aromatic rings. The Balaban J connectivity index is 1.50. The molecule has 0 radical (unpaired) electrons. The molecule has 150 valence electrons. The summed E-state index contributed by atoms with van der Waals surface area (Å²) in [5.74, 6) is 0.193. The van der Waals surface area contributed by atoms with Crippen molar-refractivity contribution in [3.63, 3.8) is 0 Å². The summed E-state index contributed by atoms with van der Waals surface area (Å²) in [5, 5.41) is 4.93. The third kappa shape index (κ3) is 4.45. The SMILES string of the molecule is Nc1ccc(-c2cccs2)cc1NC(=O)c1ccc(C(O[PH2]=O)C2CCC2)cc1. The summed E-state index contributed by atoms with van der Waals surface area (Å²) in [6.07, 6.45) is 3.22. The molecule has 29 heavy (non-hydrogen) atoms. The highest BCUT2D eigenvalue weighted by molar-refractivity contribution is 7.17. The molecule has 1 aliphatic rings. The van der Waals surface area contributed by atoms with Gasteiger partial charge in [-0.25, -0.2) is 0 Å². The van der Waals surface area contributed by atoms with Crippen molar-refractivity contribution in [2.45, 2.75) is 25.4 Å². The van der Waals surface area contributed by atoms with Crippen LogP contribution in [0.3, 0.4) is 0 Å². The van der Waals surface area contributed by atoms with Crippen LogP contribution in [0.5, 0.6) is 0 Å². The maximum absolute atomic E-state index is 12.7. The highest BCUT2D eigenvalue weighted by Gasteiger charge is 2.29. The maximum atomic E-state index is 12.7. The largest absolute Gasteiger partial charge is 0.397 e. The smallest absolute Gasteiger partial charge is 0.255 e. The Bertz CT molecular complexity index is 1000. The van der Waals surface area contributed by atoms with Crippen molar-refractivity contribution < 1.29 is 13.9 Å². The third-order valence-corrected chi connectivity index (χ3v) is 6.71. The van der Waals surface area contributed by atoms with Crippen molar-refractivity contribution >= 4 is 37.3 Å². The number of nitrogens with one attached hydrogen (secondary N) is 1. The van der Waals surface area contributed by atoms with Crippen LogP contribution in [0.4, 0.5) is 11.4 Å². The van der Waals surface area contributed by atoms with E-state index >= 15 is 0 Å². The van der Waals surface area contributed by atoms with Crippen molar-refractivity contribution in [1.29, 1.82) is 0 Å². The molecule has 1 heterocycles. The number of nitrogens with two attached hydrogens (primary N) is 1. The summed E-state index contributed by atoms with van der Waals surface area (Å²) in [5.41, 5.74) is 9.70. The van der Waals surface area contributed by atoms with Gasteiger partial charge < -0.3 is 15.6 Å². The number of nitrogen functional groups attached to an aromatic ring is 1. The normalized spacial score (nSPS) is 15.3. The molecular weight excluding hydrogens is 403 g/mol. The zero-order valence-electron chi connectivity index (χ0n) is 15.8. The average Bonchev–Trinajstić information content (AvgIpc) is 3.23. The molecule has 1 fully saturated rings. The molecule has 2 aromatic carbocycles. The molecule has 0 aliphatic heterocycles. The molecule has 4 rings (SSSR count). The van der Waals surface area contributed by atoms with E-state index in [1.165, 1.54) is 6.42 Å². The van der Waals surface area contributed by atoms with Crippen molar-refractivity contribution in [1.82, 2.24) is 0 Å². The van der Waals surface area contributed by atoms with Crippen LogP contribution in [0.1, 0.15) is 41.3 Å². The molecule has 0 bridgehead atoms. The zero-order valence-corrected chi connectivity index (χ0v) is 17.8. The molecule has 1 aromatic heterocycles. The first-order valence-corrected chi connectivity index (χ1v) is 11.4. The van der Waals surface area contributed by atoms with E-state index < -0.39 is 8.69 Å². The van der Waals surface area contributed by atoms with Gasteiger partial charge in [0.25, 0.3) is 5.91 Å². The molecule has 2 unspecified atom stereocenters. The molecule has 1 saturated carbocycles. The maximum Gasteiger partial charge on any atom is 0.255 e. The van der Waals surface area contributed by atoms with E-state index in [0.29, 0.717) is 22.9 Å². The van der Waals surface area contributed by atoms with E-state index in [9.17, 15) is 9.36 Å². The summed E-state index contributed by atoms with van der Waals surface area (Å²) in [6.45, 7) is 0. The molecule has 1 amide bonds. The minimum absolute atomic E-state index is 0.147. The van der Waals surface area contributed by atoms with E-state index in [1.54, 1.807) is 29.5 Å². The Morgan fingerprint density at radius 3 is 2.59 bits per heavy atom. The first kappa shape index (κ1) is 19.9. The van der Waals surface area contributed by atoms with Gasteiger partial charge in [-0.1, -0.05) is 30.7 Å². The fourth-order valence-corrected chi connectivity index (χ4v) is 4.77. The fraction of sp³-hybridized carbons (Fsp3) is 0.227. The van der Waals surface area contributed by atoms with Gasteiger partial charge in [-0.2, -0.15) is 0 Å². The molecule has 2 atom stereocenters. The van der Waals surface area contributed by atoms with Crippen LogP contribution in [0.2, 0.25) is 0 Å². The standard InChI is InChI=1S/C22H23N2O3PS/c23-18-11-10-17(20-5-2-12-29-20)13-19(18)24-22(25)16-8-6-15(7-9-16)21(27-28-26)14-3-1-4-14/h2,5-14,21H,1,3-4,23,28H2,(H,24,25). The topological polar surface area (TPSA) is 81.4 Å². The second-order valence-corrected chi connectivity index (χ2v) is 8.61. The van der Waals surface area contributed by atoms with Crippen LogP contribution in [0.25, 0.3) is 10.4 Å². The summed E-state index contributed by atoms with van der Waals surface area (Å²) in [7, 11) is -1.26. The quantitative estimate of drug-likeness (QED) is 0.371. The third-order valence-electron chi connectivity index (χ3n) is 5.39. The predicted octanol–water partition coefficient (Wildman–Crippen LogP) is 5.78. The number of benzene rings is 2. The first-order valence-electron chi connectivity index (χ1n) is 9.59. The first-order chi connectivity index (χ1) is 14.2. The van der Waals surface area contributed by atoms with E-state index in [2.05, 4.69) is 5.32 Å². The number of thiophene rings is 1. The van der Waals surface area contributed by atoms with Gasteiger partial charge in [0, 0.05) is 10.4 Å². The van der Waals surface area contributed by atoms with E-state index in [4.69, 9.17) is 10.3 Å². The Morgan fingerprint density at radius 2 is 1.97 bits per heavy atom. The lowest BCUT2D eigenvalue weighted by molar-refractivity contribution is 0.0960. The van der Waals surface area contributed by atoms with Crippen LogP contribution in [0, 0.1) is 5.92 Å². The fourth-order valence-electron chi connectivity index (χ4n) is 3.54. The summed E-state index contributed by atoms with van der Waals surface area (Å²) in [6, 6.07) is 17.0.